The second-order valence-corrected chi connectivity index (χ2v) is 8.78. The summed E-state index contributed by atoms with van der Waals surface area (Å²) < 4.78 is 3.80. The quantitative estimate of drug-likeness (QED) is 0.404. The van der Waals surface area contributed by atoms with Gasteiger partial charge in [-0.15, -0.1) is 5.10 Å². The first kappa shape index (κ1) is 21.5. The Balaban J connectivity index is 1.51. The van der Waals surface area contributed by atoms with Crippen LogP contribution < -0.4 is 10.6 Å². The first-order valence-electron chi connectivity index (χ1n) is 11.7. The van der Waals surface area contributed by atoms with Gasteiger partial charge in [0.15, 0.2) is 5.82 Å². The van der Waals surface area contributed by atoms with Crippen molar-refractivity contribution in [3.8, 4) is 5.69 Å². The highest BCUT2D eigenvalue weighted by Crippen LogP contribution is 2.32. The van der Waals surface area contributed by atoms with Crippen molar-refractivity contribution >= 4 is 5.91 Å². The number of hydrogen-bond donors (Lipinski definition) is 2. The smallest absolute Gasteiger partial charge is 0.243 e. The Labute approximate surface area is 193 Å². The number of nitrogens with one attached hydrogen (secondary N) is 2. The molecule has 0 saturated heterocycles. The fourth-order valence-electron chi connectivity index (χ4n) is 5.10. The van der Waals surface area contributed by atoms with E-state index < -0.39 is 0 Å². The lowest BCUT2D eigenvalue weighted by Gasteiger charge is -2.21. The van der Waals surface area contributed by atoms with Crippen LogP contribution in [0.2, 0.25) is 0 Å². The van der Waals surface area contributed by atoms with Gasteiger partial charge < -0.3 is 10.6 Å². The predicted molar refractivity (Wildman–Crippen MR) is 124 cm³/mol. The van der Waals surface area contributed by atoms with E-state index >= 15 is 0 Å². The van der Waals surface area contributed by atoms with E-state index in [1.165, 1.54) is 41.3 Å². The van der Waals surface area contributed by atoms with Crippen LogP contribution in [0.25, 0.3) is 5.69 Å². The molecule has 33 heavy (non-hydrogen) atoms. The van der Waals surface area contributed by atoms with Crippen molar-refractivity contribution in [2.24, 2.45) is 7.05 Å². The second kappa shape index (κ2) is 9.27. The summed E-state index contributed by atoms with van der Waals surface area (Å²) in [5.41, 5.74) is 7.32. The van der Waals surface area contributed by atoms with E-state index in [9.17, 15) is 4.79 Å². The minimum atomic E-state index is -0.256. The molecule has 2 heterocycles. The van der Waals surface area contributed by atoms with Crippen molar-refractivity contribution in [1.29, 1.82) is 0 Å². The topological polar surface area (TPSA) is 103 Å². The number of fused-ring (bicyclic) bond motifs is 2. The molecule has 2 N–H and O–H groups in total. The SMILES string of the molecule is C=CC(=O)NCCNC(c1c2c(nn1C)CCCC2)c1nnnn1-c1ccc2c(c1)CCC2. The first-order chi connectivity index (χ1) is 16.2. The van der Waals surface area contributed by atoms with Gasteiger partial charge in [0.1, 0.15) is 6.04 Å². The van der Waals surface area contributed by atoms with Crippen LogP contribution in [0, 0.1) is 0 Å². The molecule has 3 aromatic rings. The van der Waals surface area contributed by atoms with Crippen LogP contribution in [0.3, 0.4) is 0 Å². The Bertz CT molecular complexity index is 1180. The Morgan fingerprint density at radius 3 is 2.88 bits per heavy atom. The lowest BCUT2D eigenvalue weighted by atomic mass is 9.93. The molecule has 1 atom stereocenters. The van der Waals surface area contributed by atoms with Gasteiger partial charge in [-0.05, 0) is 90.3 Å². The molecule has 0 bridgehead atoms. The average molecular weight is 447 g/mol. The third-order valence-electron chi connectivity index (χ3n) is 6.68. The Morgan fingerprint density at radius 1 is 1.15 bits per heavy atom. The molecular weight excluding hydrogens is 416 g/mol. The average Bonchev–Trinajstić information content (AvgIpc) is 3.56. The van der Waals surface area contributed by atoms with Crippen LogP contribution in [-0.4, -0.2) is 49.0 Å². The van der Waals surface area contributed by atoms with Crippen molar-refractivity contribution in [2.45, 2.75) is 51.0 Å². The predicted octanol–water partition coefficient (Wildman–Crippen LogP) is 1.74. The highest BCUT2D eigenvalue weighted by molar-refractivity contribution is 5.86. The van der Waals surface area contributed by atoms with Crippen LogP contribution in [-0.2, 0) is 37.5 Å². The molecule has 5 rings (SSSR count). The molecule has 0 radical (unpaired) electrons. The zero-order valence-corrected chi connectivity index (χ0v) is 19.0. The van der Waals surface area contributed by atoms with Crippen LogP contribution in [0.1, 0.15) is 59.2 Å². The number of tetrazole rings is 1. The third kappa shape index (κ3) is 4.20. The van der Waals surface area contributed by atoms with Crippen LogP contribution in [0.5, 0.6) is 0 Å². The van der Waals surface area contributed by atoms with E-state index in [1.807, 2.05) is 16.4 Å². The van der Waals surface area contributed by atoms with Crippen LogP contribution >= 0.6 is 0 Å². The number of aromatic nitrogens is 6. The van der Waals surface area contributed by atoms with Crippen molar-refractivity contribution in [3.05, 3.63) is 64.8 Å². The maximum absolute atomic E-state index is 11.6. The van der Waals surface area contributed by atoms with Gasteiger partial charge in [0.25, 0.3) is 0 Å². The van der Waals surface area contributed by atoms with Gasteiger partial charge in [-0.25, -0.2) is 0 Å². The van der Waals surface area contributed by atoms with Gasteiger partial charge in [-0.2, -0.15) is 9.78 Å². The van der Waals surface area contributed by atoms with E-state index in [2.05, 4.69) is 50.9 Å². The normalized spacial score (nSPS) is 15.7. The fourth-order valence-corrected chi connectivity index (χ4v) is 5.10. The highest BCUT2D eigenvalue weighted by Gasteiger charge is 2.30. The second-order valence-electron chi connectivity index (χ2n) is 8.78. The molecule has 9 heteroatoms. The van der Waals surface area contributed by atoms with Crippen molar-refractivity contribution < 1.29 is 4.79 Å². The number of carbonyl (C=O) groups is 1. The van der Waals surface area contributed by atoms with E-state index in [0.717, 1.165) is 49.3 Å². The van der Waals surface area contributed by atoms with E-state index in [1.54, 1.807) is 0 Å². The molecule has 2 aromatic heterocycles. The first-order valence-corrected chi connectivity index (χ1v) is 11.7. The minimum Gasteiger partial charge on any atom is -0.351 e. The number of nitrogens with zero attached hydrogens (tertiary/aromatic N) is 6. The molecule has 172 valence electrons. The van der Waals surface area contributed by atoms with Crippen LogP contribution in [0.15, 0.2) is 30.9 Å². The molecule has 2 aliphatic carbocycles. The molecule has 1 unspecified atom stereocenters. The molecular formula is C24H30N8O. The summed E-state index contributed by atoms with van der Waals surface area (Å²) in [7, 11) is 1.99. The molecule has 0 fully saturated rings. The van der Waals surface area contributed by atoms with Crippen LogP contribution in [0.4, 0.5) is 0 Å². The van der Waals surface area contributed by atoms with Gasteiger partial charge >= 0.3 is 0 Å². The zero-order valence-electron chi connectivity index (χ0n) is 19.0. The number of rotatable bonds is 8. The maximum atomic E-state index is 11.6. The maximum Gasteiger partial charge on any atom is 0.243 e. The van der Waals surface area contributed by atoms with Gasteiger partial charge in [0.05, 0.1) is 17.1 Å². The van der Waals surface area contributed by atoms with Crippen molar-refractivity contribution in [3.63, 3.8) is 0 Å². The zero-order chi connectivity index (χ0) is 22.8. The molecule has 0 spiro atoms. The van der Waals surface area contributed by atoms with E-state index in [-0.39, 0.29) is 11.9 Å². The molecule has 0 saturated carbocycles. The molecule has 1 amide bonds. The van der Waals surface area contributed by atoms with Gasteiger partial charge in [0.2, 0.25) is 5.91 Å². The number of carbonyl (C=O) groups excluding carboxylic acids is 1. The minimum absolute atomic E-state index is 0.186. The molecule has 9 nitrogen and oxygen atoms in total. The number of hydrogen-bond acceptors (Lipinski definition) is 6. The fraction of sp³-hybridized carbons (Fsp3) is 0.458. The Kier molecular flexibility index (Phi) is 6.04. The Morgan fingerprint density at radius 2 is 2.00 bits per heavy atom. The summed E-state index contributed by atoms with van der Waals surface area (Å²) in [6, 6.07) is 6.25. The molecule has 1 aromatic carbocycles. The van der Waals surface area contributed by atoms with E-state index in [4.69, 9.17) is 5.10 Å². The summed E-state index contributed by atoms with van der Waals surface area (Å²) >= 11 is 0. The largest absolute Gasteiger partial charge is 0.351 e. The summed E-state index contributed by atoms with van der Waals surface area (Å²) in [5, 5.41) is 24.1. The number of amides is 1. The summed E-state index contributed by atoms with van der Waals surface area (Å²) in [6.45, 7) is 4.54. The summed E-state index contributed by atoms with van der Waals surface area (Å²) in [5.74, 6) is 0.536. The summed E-state index contributed by atoms with van der Waals surface area (Å²) in [6.07, 6.45) is 9.05. The monoisotopic (exact) mass is 446 g/mol. The van der Waals surface area contributed by atoms with Crippen molar-refractivity contribution in [2.75, 3.05) is 13.1 Å². The molecule has 2 aliphatic rings. The van der Waals surface area contributed by atoms with E-state index in [0.29, 0.717) is 13.1 Å². The van der Waals surface area contributed by atoms with Crippen molar-refractivity contribution in [1.82, 2.24) is 40.6 Å². The number of aryl methyl sites for hydroxylation is 4. The van der Waals surface area contributed by atoms with Gasteiger partial charge in [-0.3, -0.25) is 9.48 Å². The highest BCUT2D eigenvalue weighted by atomic mass is 16.1. The number of benzene rings is 1. The molecule has 0 aliphatic heterocycles. The Hall–Kier alpha value is -3.33. The van der Waals surface area contributed by atoms with Gasteiger partial charge in [0, 0.05) is 20.1 Å². The lowest BCUT2D eigenvalue weighted by molar-refractivity contribution is -0.116. The lowest BCUT2D eigenvalue weighted by Crippen LogP contribution is -2.35. The third-order valence-corrected chi connectivity index (χ3v) is 6.68. The standard InChI is InChI=1S/C24H30N8O/c1-3-21(33)25-13-14-26-22(23-19-9-4-5-10-20(19)28-31(23)2)24-27-29-30-32(24)18-12-11-16-7-6-8-17(16)15-18/h3,11-12,15,22,26H,1,4-10,13-14H2,2H3,(H,25,33). The van der Waals surface area contributed by atoms with Gasteiger partial charge in [-0.1, -0.05) is 12.6 Å². The summed E-state index contributed by atoms with van der Waals surface area (Å²) in [4.78, 5) is 11.6.